The summed E-state index contributed by atoms with van der Waals surface area (Å²) in [6.07, 6.45) is 0. The second-order valence-corrected chi connectivity index (χ2v) is 5.32. The molecule has 2 rings (SSSR count). The predicted octanol–water partition coefficient (Wildman–Crippen LogP) is 1.56. The summed E-state index contributed by atoms with van der Waals surface area (Å²) in [5.41, 5.74) is -3.03. The number of carboxylic acid groups (broad SMARTS) is 6. The molecule has 0 aliphatic carbocycles. The number of aromatic carboxylic acids is 6. The first-order valence-corrected chi connectivity index (χ1v) is 7.55. The van der Waals surface area contributed by atoms with Crippen molar-refractivity contribution in [2.24, 2.45) is 0 Å². The average molecular weight is 420 g/mol. The van der Waals surface area contributed by atoms with Crippen LogP contribution in [0.25, 0.3) is 0 Å². The largest absolute Gasteiger partial charge is 0.478 e. The molecule has 0 aliphatic rings. The molecule has 0 fully saturated rings. The quantitative estimate of drug-likeness (QED) is 0.391. The first-order chi connectivity index (χ1) is 13.9. The second-order valence-electron chi connectivity index (χ2n) is 5.32. The van der Waals surface area contributed by atoms with Crippen LogP contribution in [-0.4, -0.2) is 66.5 Å². The smallest absolute Gasteiger partial charge is 0.337 e. The maximum Gasteiger partial charge on any atom is 0.337 e. The molecule has 6 N–H and O–H groups in total. The molecule has 12 heteroatoms. The van der Waals surface area contributed by atoms with E-state index in [1.807, 2.05) is 0 Å². The van der Waals surface area contributed by atoms with E-state index < -0.39 is 63.6 Å². The molecule has 12 nitrogen and oxygen atoms in total. The van der Waals surface area contributed by atoms with Crippen LogP contribution >= 0.6 is 0 Å². The molecule has 0 saturated carbocycles. The van der Waals surface area contributed by atoms with Crippen LogP contribution in [0.4, 0.5) is 0 Å². The zero-order valence-electron chi connectivity index (χ0n) is 14.6. The lowest BCUT2D eigenvalue weighted by Gasteiger charge is -2.04. The molecule has 2 aromatic carbocycles. The minimum Gasteiger partial charge on any atom is -0.478 e. The van der Waals surface area contributed by atoms with Crippen LogP contribution in [-0.2, 0) is 0 Å². The Morgan fingerprint density at radius 3 is 1.23 bits per heavy atom. The van der Waals surface area contributed by atoms with Crippen LogP contribution in [0.3, 0.4) is 0 Å². The summed E-state index contributed by atoms with van der Waals surface area (Å²) in [4.78, 5) is 63.8. The fraction of sp³-hybridized carbons (Fsp3) is 0. The summed E-state index contributed by atoms with van der Waals surface area (Å²) >= 11 is 0. The van der Waals surface area contributed by atoms with Crippen molar-refractivity contribution >= 4 is 35.8 Å². The van der Waals surface area contributed by atoms with Gasteiger partial charge in [0, 0.05) is 0 Å². The van der Waals surface area contributed by atoms with Crippen molar-refractivity contribution in [1.29, 1.82) is 0 Å². The van der Waals surface area contributed by atoms with Gasteiger partial charge in [-0.15, -0.1) is 0 Å². The number of carbonyl (C=O) groups is 6. The fourth-order valence-corrected chi connectivity index (χ4v) is 2.18. The molecule has 0 unspecified atom stereocenters. The first-order valence-electron chi connectivity index (χ1n) is 7.55. The highest BCUT2D eigenvalue weighted by atomic mass is 16.4. The number of hydrogen-bond donors (Lipinski definition) is 6. The summed E-state index contributed by atoms with van der Waals surface area (Å²) in [6, 6.07) is 6.07. The number of rotatable bonds is 6. The Morgan fingerprint density at radius 2 is 0.900 bits per heavy atom. The Bertz CT molecular complexity index is 1020. The van der Waals surface area contributed by atoms with Gasteiger partial charge in [-0.3, -0.25) is 0 Å². The van der Waals surface area contributed by atoms with Crippen molar-refractivity contribution in [3.05, 3.63) is 69.8 Å². The molecule has 0 aliphatic heterocycles. The van der Waals surface area contributed by atoms with E-state index in [2.05, 4.69) is 0 Å². The lowest BCUT2D eigenvalue weighted by atomic mass is 10.0. The van der Waals surface area contributed by atoms with Crippen LogP contribution in [0.5, 0.6) is 0 Å². The lowest BCUT2D eigenvalue weighted by Crippen LogP contribution is -2.14. The Labute approximate surface area is 165 Å². The van der Waals surface area contributed by atoms with E-state index >= 15 is 0 Å². The fourth-order valence-electron chi connectivity index (χ4n) is 2.18. The zero-order valence-corrected chi connectivity index (χ0v) is 14.6. The number of benzene rings is 2. The highest BCUT2D eigenvalue weighted by molar-refractivity contribution is 6.09. The second kappa shape index (κ2) is 9.45. The maximum absolute atomic E-state index is 10.7. The van der Waals surface area contributed by atoms with Crippen molar-refractivity contribution in [2.45, 2.75) is 0 Å². The molecule has 0 atom stereocenters. The Balaban J connectivity index is 0.000000300. The van der Waals surface area contributed by atoms with Gasteiger partial charge in [0.15, 0.2) is 0 Å². The van der Waals surface area contributed by atoms with Crippen LogP contribution < -0.4 is 0 Å². The van der Waals surface area contributed by atoms with E-state index in [1.165, 1.54) is 6.07 Å². The Hall–Kier alpha value is -4.74. The van der Waals surface area contributed by atoms with Gasteiger partial charge in [-0.2, -0.15) is 0 Å². The summed E-state index contributed by atoms with van der Waals surface area (Å²) in [7, 11) is 0. The molecule has 156 valence electrons. The predicted molar refractivity (Wildman–Crippen MR) is 94.6 cm³/mol. The van der Waals surface area contributed by atoms with Crippen molar-refractivity contribution in [3.63, 3.8) is 0 Å². The summed E-state index contributed by atoms with van der Waals surface area (Å²) in [5, 5.41) is 51.9. The van der Waals surface area contributed by atoms with Gasteiger partial charge in [-0.05, 0) is 30.3 Å². The number of carboxylic acids is 6. The van der Waals surface area contributed by atoms with Gasteiger partial charge in [0.05, 0.1) is 33.4 Å². The molecule has 30 heavy (non-hydrogen) atoms. The highest BCUT2D eigenvalue weighted by Gasteiger charge is 2.23. The summed E-state index contributed by atoms with van der Waals surface area (Å²) < 4.78 is 0. The van der Waals surface area contributed by atoms with Crippen molar-refractivity contribution < 1.29 is 59.4 Å². The van der Waals surface area contributed by atoms with Gasteiger partial charge in [0.1, 0.15) is 0 Å². The van der Waals surface area contributed by atoms with Gasteiger partial charge in [0.2, 0.25) is 0 Å². The summed E-state index contributed by atoms with van der Waals surface area (Å²) in [6.45, 7) is 0. The normalized spacial score (nSPS) is 9.60. The third-order valence-corrected chi connectivity index (χ3v) is 3.47. The van der Waals surface area contributed by atoms with Crippen molar-refractivity contribution in [1.82, 2.24) is 0 Å². The van der Waals surface area contributed by atoms with Gasteiger partial charge in [-0.25, -0.2) is 28.8 Å². The lowest BCUT2D eigenvalue weighted by molar-refractivity contribution is 0.0633. The first kappa shape index (κ1) is 23.3. The van der Waals surface area contributed by atoms with Gasteiger partial charge < -0.3 is 30.6 Å². The molecule has 0 saturated heterocycles. The van der Waals surface area contributed by atoms with Crippen LogP contribution in [0, 0.1) is 0 Å². The van der Waals surface area contributed by atoms with Gasteiger partial charge in [-0.1, -0.05) is 6.07 Å². The van der Waals surface area contributed by atoms with Crippen LogP contribution in [0.2, 0.25) is 0 Å². The maximum atomic E-state index is 10.7. The Morgan fingerprint density at radius 1 is 0.467 bits per heavy atom. The van der Waals surface area contributed by atoms with E-state index in [4.69, 9.17) is 30.6 Å². The van der Waals surface area contributed by atoms with Gasteiger partial charge in [0.25, 0.3) is 0 Å². The molecule has 0 spiro atoms. The molecular formula is C18H12O12. The van der Waals surface area contributed by atoms with E-state index in [9.17, 15) is 28.8 Å². The standard InChI is InChI=1S/2C9H6O6/c10-7(11)4-1-2-5(8(12)13)6(3-4)9(14)15;10-7(11)4-2-1-3-5(8(12)13)6(4)9(14)15/h2*1-3H,(H,10,11)(H,12,13)(H,14,15). The molecule has 2 aromatic rings. The molecule has 0 heterocycles. The minimum absolute atomic E-state index is 0.266. The molecule has 0 aromatic heterocycles. The average Bonchev–Trinajstić information content (AvgIpc) is 2.66. The minimum atomic E-state index is -1.58. The van der Waals surface area contributed by atoms with Crippen LogP contribution in [0.15, 0.2) is 36.4 Å². The topological polar surface area (TPSA) is 224 Å². The van der Waals surface area contributed by atoms with E-state index in [1.54, 1.807) is 0 Å². The molecule has 0 amide bonds. The van der Waals surface area contributed by atoms with Crippen molar-refractivity contribution in [3.8, 4) is 0 Å². The molecule has 0 radical (unpaired) electrons. The SMILES string of the molecule is O=C(O)c1ccc(C(=O)O)c(C(=O)O)c1.O=C(O)c1cccc(C(=O)O)c1C(=O)O. The van der Waals surface area contributed by atoms with Crippen molar-refractivity contribution in [2.75, 3.05) is 0 Å². The Kier molecular flexibility index (Phi) is 7.34. The van der Waals surface area contributed by atoms with E-state index in [-0.39, 0.29) is 5.56 Å². The third-order valence-electron chi connectivity index (χ3n) is 3.47. The monoisotopic (exact) mass is 420 g/mol. The van der Waals surface area contributed by atoms with E-state index in [0.29, 0.717) is 0 Å². The van der Waals surface area contributed by atoms with Gasteiger partial charge >= 0.3 is 35.8 Å². The third kappa shape index (κ3) is 5.39. The molecule has 0 bridgehead atoms. The van der Waals surface area contributed by atoms with Crippen LogP contribution in [0.1, 0.15) is 62.1 Å². The highest BCUT2D eigenvalue weighted by Crippen LogP contribution is 2.15. The summed E-state index contributed by atoms with van der Waals surface area (Å²) in [5.74, 6) is -8.73. The number of hydrogen-bond acceptors (Lipinski definition) is 6. The zero-order chi connectivity index (χ0) is 23.2. The van der Waals surface area contributed by atoms with E-state index in [0.717, 1.165) is 30.3 Å². The molecular weight excluding hydrogens is 408 g/mol.